The van der Waals surface area contributed by atoms with Gasteiger partial charge in [0.05, 0.1) is 0 Å². The van der Waals surface area contributed by atoms with E-state index in [-0.39, 0.29) is 0 Å². The monoisotopic (exact) mass is 240 g/mol. The lowest BCUT2D eigenvalue weighted by molar-refractivity contribution is 0.424. The third-order valence-corrected chi connectivity index (χ3v) is 2.06. The van der Waals surface area contributed by atoms with Gasteiger partial charge in [0.2, 0.25) is 0 Å². The first-order valence-corrected chi connectivity index (χ1v) is 4.36. The SMILES string of the molecule is O=c1nc(-c2ccc(Br)cc2)o[nH]1. The summed E-state index contributed by atoms with van der Waals surface area (Å²) in [5.41, 5.74) is 0.291. The van der Waals surface area contributed by atoms with Crippen molar-refractivity contribution < 1.29 is 4.52 Å². The molecule has 2 rings (SSSR count). The first kappa shape index (κ1) is 8.25. The van der Waals surface area contributed by atoms with Gasteiger partial charge in [-0.2, -0.15) is 10.1 Å². The number of aromatic amines is 1. The number of halogens is 1. The molecule has 5 heteroatoms. The second kappa shape index (κ2) is 3.18. The van der Waals surface area contributed by atoms with E-state index in [1.807, 2.05) is 24.3 Å². The fourth-order valence-corrected chi connectivity index (χ4v) is 1.21. The zero-order valence-electron chi connectivity index (χ0n) is 6.45. The number of nitrogens with one attached hydrogen (secondary N) is 1. The van der Waals surface area contributed by atoms with Crippen molar-refractivity contribution in [1.82, 2.24) is 10.1 Å². The van der Waals surface area contributed by atoms with Crippen LogP contribution in [0.5, 0.6) is 0 Å². The Morgan fingerprint density at radius 2 is 2.00 bits per heavy atom. The molecule has 66 valence electrons. The standard InChI is InChI=1S/C8H5BrN2O2/c9-6-3-1-5(2-4-6)7-10-8(12)11-13-7/h1-4H,(H,11,12). The number of rotatable bonds is 1. The molecule has 0 aliphatic rings. The Bertz CT molecular complexity index is 457. The molecule has 1 aromatic carbocycles. The van der Waals surface area contributed by atoms with Gasteiger partial charge in [-0.15, -0.1) is 0 Å². The van der Waals surface area contributed by atoms with Crippen molar-refractivity contribution in [1.29, 1.82) is 0 Å². The maximum Gasteiger partial charge on any atom is 0.377 e. The molecule has 0 aliphatic heterocycles. The quantitative estimate of drug-likeness (QED) is 0.827. The van der Waals surface area contributed by atoms with Gasteiger partial charge in [0.25, 0.3) is 5.89 Å². The van der Waals surface area contributed by atoms with Gasteiger partial charge in [0.15, 0.2) is 0 Å². The van der Waals surface area contributed by atoms with E-state index in [0.29, 0.717) is 5.89 Å². The smallest absolute Gasteiger partial charge is 0.357 e. The van der Waals surface area contributed by atoms with Crippen molar-refractivity contribution in [2.75, 3.05) is 0 Å². The van der Waals surface area contributed by atoms with Crippen LogP contribution in [-0.2, 0) is 0 Å². The summed E-state index contributed by atoms with van der Waals surface area (Å²) in [6.45, 7) is 0. The van der Waals surface area contributed by atoms with Gasteiger partial charge in [0.1, 0.15) is 0 Å². The van der Waals surface area contributed by atoms with E-state index < -0.39 is 5.69 Å². The highest BCUT2D eigenvalue weighted by molar-refractivity contribution is 9.10. The van der Waals surface area contributed by atoms with E-state index >= 15 is 0 Å². The number of aromatic nitrogens is 2. The van der Waals surface area contributed by atoms with Gasteiger partial charge < -0.3 is 4.52 Å². The minimum atomic E-state index is -0.474. The zero-order valence-corrected chi connectivity index (χ0v) is 8.04. The molecular formula is C8H5BrN2O2. The third kappa shape index (κ3) is 1.70. The highest BCUT2D eigenvalue weighted by atomic mass is 79.9. The number of hydrogen-bond acceptors (Lipinski definition) is 3. The van der Waals surface area contributed by atoms with E-state index in [4.69, 9.17) is 4.52 Å². The summed E-state index contributed by atoms with van der Waals surface area (Å²) < 4.78 is 5.79. The summed E-state index contributed by atoms with van der Waals surface area (Å²) in [7, 11) is 0. The maximum absolute atomic E-state index is 10.7. The lowest BCUT2D eigenvalue weighted by Crippen LogP contribution is -1.99. The van der Waals surface area contributed by atoms with Crippen LogP contribution in [-0.4, -0.2) is 10.1 Å². The second-order valence-corrected chi connectivity index (χ2v) is 3.35. The summed E-state index contributed by atoms with van der Waals surface area (Å²) in [6, 6.07) is 7.32. The molecule has 1 aromatic heterocycles. The van der Waals surface area contributed by atoms with Crippen LogP contribution in [0.25, 0.3) is 11.5 Å². The fraction of sp³-hybridized carbons (Fsp3) is 0. The molecule has 0 bridgehead atoms. The first-order chi connectivity index (χ1) is 6.25. The summed E-state index contributed by atoms with van der Waals surface area (Å²) in [6.07, 6.45) is 0. The Morgan fingerprint density at radius 3 is 2.54 bits per heavy atom. The van der Waals surface area contributed by atoms with Gasteiger partial charge in [-0.3, -0.25) is 0 Å². The van der Waals surface area contributed by atoms with Crippen molar-refractivity contribution >= 4 is 15.9 Å². The number of hydrogen-bond donors (Lipinski definition) is 1. The summed E-state index contributed by atoms with van der Waals surface area (Å²) in [5.74, 6) is 0.303. The van der Waals surface area contributed by atoms with Crippen LogP contribution in [0, 0.1) is 0 Å². The summed E-state index contributed by atoms with van der Waals surface area (Å²) in [5, 5.41) is 2.13. The Morgan fingerprint density at radius 1 is 1.31 bits per heavy atom. The highest BCUT2D eigenvalue weighted by Crippen LogP contribution is 2.17. The van der Waals surface area contributed by atoms with Crippen LogP contribution in [0.3, 0.4) is 0 Å². The molecule has 0 aliphatic carbocycles. The third-order valence-electron chi connectivity index (χ3n) is 1.53. The molecule has 1 N–H and O–H groups in total. The summed E-state index contributed by atoms with van der Waals surface area (Å²) >= 11 is 3.30. The molecule has 0 atom stereocenters. The van der Waals surface area contributed by atoms with Crippen LogP contribution in [0.2, 0.25) is 0 Å². The van der Waals surface area contributed by atoms with E-state index in [2.05, 4.69) is 26.1 Å². The lowest BCUT2D eigenvalue weighted by atomic mass is 10.2. The van der Waals surface area contributed by atoms with Crippen molar-refractivity contribution in [3.8, 4) is 11.5 Å². The second-order valence-electron chi connectivity index (χ2n) is 2.43. The van der Waals surface area contributed by atoms with E-state index in [1.165, 1.54) is 0 Å². The molecule has 1 heterocycles. The van der Waals surface area contributed by atoms with E-state index in [9.17, 15) is 4.79 Å². The normalized spacial score (nSPS) is 10.2. The van der Waals surface area contributed by atoms with Crippen molar-refractivity contribution in [2.24, 2.45) is 0 Å². The topological polar surface area (TPSA) is 58.9 Å². The van der Waals surface area contributed by atoms with Gasteiger partial charge in [-0.05, 0) is 24.3 Å². The zero-order chi connectivity index (χ0) is 9.26. The molecule has 0 radical (unpaired) electrons. The van der Waals surface area contributed by atoms with Crippen molar-refractivity contribution in [3.63, 3.8) is 0 Å². The number of H-pyrrole nitrogens is 1. The van der Waals surface area contributed by atoms with Crippen LogP contribution >= 0.6 is 15.9 Å². The molecule has 0 fully saturated rings. The average molecular weight is 241 g/mol. The largest absolute Gasteiger partial charge is 0.377 e. The maximum atomic E-state index is 10.7. The Labute approximate surface area is 81.7 Å². The molecule has 0 saturated carbocycles. The molecule has 0 saturated heterocycles. The first-order valence-electron chi connectivity index (χ1n) is 3.57. The van der Waals surface area contributed by atoms with Gasteiger partial charge in [0, 0.05) is 10.0 Å². The van der Waals surface area contributed by atoms with Crippen LogP contribution in [0.15, 0.2) is 38.1 Å². The number of nitrogens with zero attached hydrogens (tertiary/aromatic N) is 1. The summed E-state index contributed by atoms with van der Waals surface area (Å²) in [4.78, 5) is 14.3. The highest BCUT2D eigenvalue weighted by Gasteiger charge is 2.03. The van der Waals surface area contributed by atoms with Gasteiger partial charge in [-0.1, -0.05) is 15.9 Å². The minimum absolute atomic E-state index is 0.303. The van der Waals surface area contributed by atoms with Crippen molar-refractivity contribution in [2.45, 2.75) is 0 Å². The average Bonchev–Trinajstić information content (AvgIpc) is 2.53. The Balaban J connectivity index is 2.47. The molecule has 0 amide bonds. The minimum Gasteiger partial charge on any atom is -0.357 e. The van der Waals surface area contributed by atoms with E-state index in [0.717, 1.165) is 10.0 Å². The molecule has 0 spiro atoms. The molecular weight excluding hydrogens is 236 g/mol. The molecule has 13 heavy (non-hydrogen) atoms. The van der Waals surface area contributed by atoms with Crippen LogP contribution < -0.4 is 5.69 Å². The molecule has 4 nitrogen and oxygen atoms in total. The van der Waals surface area contributed by atoms with Gasteiger partial charge in [-0.25, -0.2) is 4.79 Å². The van der Waals surface area contributed by atoms with Crippen molar-refractivity contribution in [3.05, 3.63) is 39.2 Å². The molecule has 0 unspecified atom stereocenters. The lowest BCUT2D eigenvalue weighted by Gasteiger charge is -1.92. The fourth-order valence-electron chi connectivity index (χ4n) is 0.946. The Hall–Kier alpha value is -1.36. The van der Waals surface area contributed by atoms with E-state index in [1.54, 1.807) is 0 Å². The Kier molecular flexibility index (Phi) is 2.02. The predicted octanol–water partition coefficient (Wildman–Crippen LogP) is 1.79. The van der Waals surface area contributed by atoms with Crippen LogP contribution in [0.1, 0.15) is 0 Å². The van der Waals surface area contributed by atoms with Gasteiger partial charge >= 0.3 is 5.69 Å². The number of benzene rings is 1. The molecule has 2 aromatic rings. The van der Waals surface area contributed by atoms with Crippen LogP contribution in [0.4, 0.5) is 0 Å². The predicted molar refractivity (Wildman–Crippen MR) is 50.3 cm³/mol.